The van der Waals surface area contributed by atoms with Gasteiger partial charge in [0.15, 0.2) is 6.61 Å². The number of piperazine rings is 1. The average molecular weight is 420 g/mol. The lowest BCUT2D eigenvalue weighted by Gasteiger charge is -2.34. The fourth-order valence-corrected chi connectivity index (χ4v) is 4.60. The summed E-state index contributed by atoms with van der Waals surface area (Å²) < 4.78 is 37.2. The van der Waals surface area contributed by atoms with Gasteiger partial charge in [-0.15, -0.1) is 0 Å². The number of amides is 1. The number of carbonyl (C=O) groups excluding carboxylic acids is 2. The number of ether oxygens (including phenoxy) is 1. The fraction of sp³-hybridized carbons (Fsp3) is 0.400. The van der Waals surface area contributed by atoms with Crippen molar-refractivity contribution < 1.29 is 27.2 Å². The molecule has 0 atom stereocenters. The van der Waals surface area contributed by atoms with E-state index in [1.807, 2.05) is 13.8 Å². The molecule has 0 spiro atoms. The molecule has 29 heavy (non-hydrogen) atoms. The molecule has 0 unspecified atom stereocenters. The zero-order chi connectivity index (χ0) is 21.2. The van der Waals surface area contributed by atoms with Crippen LogP contribution in [0.2, 0.25) is 0 Å². The second kappa shape index (κ2) is 8.38. The number of sulfonamides is 1. The average Bonchev–Trinajstić information content (AvgIpc) is 3.14. The Morgan fingerprint density at radius 1 is 1.03 bits per heavy atom. The summed E-state index contributed by atoms with van der Waals surface area (Å²) in [6, 6.07) is 6.54. The molecule has 8 nitrogen and oxygen atoms in total. The molecule has 1 aliphatic rings. The van der Waals surface area contributed by atoms with Gasteiger partial charge < -0.3 is 14.1 Å². The van der Waals surface area contributed by atoms with Crippen LogP contribution in [0.4, 0.5) is 0 Å². The number of carbonyl (C=O) groups is 2. The number of aryl methyl sites for hydroxylation is 3. The Balaban J connectivity index is 1.55. The largest absolute Gasteiger partial charge is 0.469 e. The smallest absolute Gasteiger partial charge is 0.342 e. The van der Waals surface area contributed by atoms with Gasteiger partial charge in [-0.3, -0.25) is 4.79 Å². The molecular weight excluding hydrogens is 396 g/mol. The predicted molar refractivity (Wildman–Crippen MR) is 105 cm³/mol. The zero-order valence-corrected chi connectivity index (χ0v) is 17.5. The van der Waals surface area contributed by atoms with Crippen molar-refractivity contribution in [3.05, 3.63) is 53.0 Å². The Morgan fingerprint density at radius 2 is 1.72 bits per heavy atom. The highest BCUT2D eigenvalue weighted by Crippen LogP contribution is 2.20. The number of benzene rings is 1. The molecule has 1 aromatic heterocycles. The molecular formula is C20H24N2O6S. The molecule has 0 bridgehead atoms. The van der Waals surface area contributed by atoms with Crippen molar-refractivity contribution in [1.82, 2.24) is 9.21 Å². The number of nitrogens with zero attached hydrogens (tertiary/aromatic N) is 2. The van der Waals surface area contributed by atoms with Gasteiger partial charge in [-0.05, 0) is 50.1 Å². The van der Waals surface area contributed by atoms with Crippen LogP contribution in [0.15, 0.2) is 39.8 Å². The topological polar surface area (TPSA) is 97.1 Å². The van der Waals surface area contributed by atoms with E-state index in [2.05, 4.69) is 0 Å². The molecule has 0 saturated carbocycles. The van der Waals surface area contributed by atoms with Gasteiger partial charge in [0.05, 0.1) is 11.2 Å². The SMILES string of the molecule is Cc1ccc(S(=O)(=O)N2CCN(C(=O)COC(=O)c3ccoc3C)CC2)cc1C. The summed E-state index contributed by atoms with van der Waals surface area (Å²) in [6.45, 7) is 5.90. The molecule has 1 fully saturated rings. The first-order valence-corrected chi connectivity index (χ1v) is 10.7. The van der Waals surface area contributed by atoms with E-state index in [1.165, 1.54) is 21.5 Å². The quantitative estimate of drug-likeness (QED) is 0.686. The van der Waals surface area contributed by atoms with Crippen LogP contribution in [0.5, 0.6) is 0 Å². The van der Waals surface area contributed by atoms with Crippen LogP contribution in [0.25, 0.3) is 0 Å². The highest BCUT2D eigenvalue weighted by Gasteiger charge is 2.30. The molecule has 2 heterocycles. The van der Waals surface area contributed by atoms with E-state index in [0.717, 1.165) is 11.1 Å². The maximum Gasteiger partial charge on any atom is 0.342 e. The molecule has 0 aliphatic carbocycles. The van der Waals surface area contributed by atoms with Gasteiger partial charge in [0, 0.05) is 26.2 Å². The van der Waals surface area contributed by atoms with Crippen molar-refractivity contribution in [2.75, 3.05) is 32.8 Å². The van der Waals surface area contributed by atoms with Crippen molar-refractivity contribution in [2.24, 2.45) is 0 Å². The van der Waals surface area contributed by atoms with Gasteiger partial charge in [0.1, 0.15) is 11.3 Å². The van der Waals surface area contributed by atoms with E-state index < -0.39 is 22.6 Å². The molecule has 156 valence electrons. The van der Waals surface area contributed by atoms with Crippen molar-refractivity contribution in [1.29, 1.82) is 0 Å². The minimum atomic E-state index is -3.61. The van der Waals surface area contributed by atoms with Crippen LogP contribution in [0.1, 0.15) is 27.2 Å². The second-order valence-electron chi connectivity index (χ2n) is 7.00. The third-order valence-corrected chi connectivity index (χ3v) is 7.01. The van der Waals surface area contributed by atoms with Gasteiger partial charge >= 0.3 is 5.97 Å². The number of furan rings is 1. The minimum Gasteiger partial charge on any atom is -0.469 e. The van der Waals surface area contributed by atoms with E-state index in [4.69, 9.17) is 9.15 Å². The Kier molecular flexibility index (Phi) is 6.09. The first-order chi connectivity index (χ1) is 13.7. The summed E-state index contributed by atoms with van der Waals surface area (Å²) in [6.07, 6.45) is 1.38. The third-order valence-electron chi connectivity index (χ3n) is 5.11. The Hall–Kier alpha value is -2.65. The highest BCUT2D eigenvalue weighted by atomic mass is 32.2. The van der Waals surface area contributed by atoms with E-state index in [1.54, 1.807) is 25.1 Å². The van der Waals surface area contributed by atoms with Crippen LogP contribution in [0, 0.1) is 20.8 Å². The Morgan fingerprint density at radius 3 is 2.31 bits per heavy atom. The maximum absolute atomic E-state index is 12.8. The van der Waals surface area contributed by atoms with Crippen molar-refractivity contribution in [2.45, 2.75) is 25.7 Å². The lowest BCUT2D eigenvalue weighted by molar-refractivity contribution is -0.135. The minimum absolute atomic E-state index is 0.190. The van der Waals surface area contributed by atoms with Gasteiger partial charge in [-0.2, -0.15) is 4.31 Å². The lowest BCUT2D eigenvalue weighted by atomic mass is 10.1. The molecule has 1 aromatic carbocycles. The number of hydrogen-bond acceptors (Lipinski definition) is 6. The van der Waals surface area contributed by atoms with Crippen molar-refractivity contribution in [3.63, 3.8) is 0 Å². The van der Waals surface area contributed by atoms with Gasteiger partial charge in [-0.1, -0.05) is 6.07 Å². The second-order valence-corrected chi connectivity index (χ2v) is 8.94. The highest BCUT2D eigenvalue weighted by molar-refractivity contribution is 7.89. The van der Waals surface area contributed by atoms with Crippen molar-refractivity contribution in [3.8, 4) is 0 Å². The van der Waals surface area contributed by atoms with Gasteiger partial charge in [0.25, 0.3) is 5.91 Å². The Bertz CT molecular complexity index is 1020. The van der Waals surface area contributed by atoms with Gasteiger partial charge in [-0.25, -0.2) is 13.2 Å². The van der Waals surface area contributed by atoms with E-state index in [9.17, 15) is 18.0 Å². The molecule has 1 saturated heterocycles. The summed E-state index contributed by atoms with van der Waals surface area (Å²) in [5.41, 5.74) is 2.22. The first kappa shape index (κ1) is 21.1. The summed E-state index contributed by atoms with van der Waals surface area (Å²) in [7, 11) is -3.61. The van der Waals surface area contributed by atoms with Crippen LogP contribution in [-0.2, 0) is 19.6 Å². The van der Waals surface area contributed by atoms with Gasteiger partial charge in [0.2, 0.25) is 10.0 Å². The predicted octanol–water partition coefficient (Wildman–Crippen LogP) is 1.89. The van der Waals surface area contributed by atoms with Crippen LogP contribution >= 0.6 is 0 Å². The lowest BCUT2D eigenvalue weighted by Crippen LogP contribution is -2.51. The summed E-state index contributed by atoms with van der Waals surface area (Å²) in [5, 5.41) is 0. The monoisotopic (exact) mass is 420 g/mol. The molecule has 1 aliphatic heterocycles. The van der Waals surface area contributed by atoms with Crippen LogP contribution in [0.3, 0.4) is 0 Å². The maximum atomic E-state index is 12.8. The molecule has 2 aromatic rings. The van der Waals surface area contributed by atoms with Crippen LogP contribution in [-0.4, -0.2) is 62.3 Å². The summed E-state index contributed by atoms with van der Waals surface area (Å²) in [5.74, 6) is -0.559. The van der Waals surface area contributed by atoms with E-state index in [-0.39, 0.29) is 42.5 Å². The van der Waals surface area contributed by atoms with E-state index in [0.29, 0.717) is 5.76 Å². The molecule has 0 radical (unpaired) electrons. The third kappa shape index (κ3) is 4.51. The molecule has 0 N–H and O–H groups in total. The Labute approximate surface area is 170 Å². The zero-order valence-electron chi connectivity index (χ0n) is 16.7. The van der Waals surface area contributed by atoms with Crippen molar-refractivity contribution >= 4 is 21.9 Å². The standard InChI is InChI=1S/C20H24N2O6S/c1-14-4-5-17(12-15(14)2)29(25,26)22-9-7-21(8-10-22)19(23)13-28-20(24)18-6-11-27-16(18)3/h4-6,11-12H,7-10,13H2,1-3H3. The summed E-state index contributed by atoms with van der Waals surface area (Å²) in [4.78, 5) is 26.0. The fourth-order valence-electron chi connectivity index (χ4n) is 3.09. The van der Waals surface area contributed by atoms with Crippen LogP contribution < -0.4 is 0 Å². The number of hydrogen-bond donors (Lipinski definition) is 0. The molecule has 9 heteroatoms. The first-order valence-electron chi connectivity index (χ1n) is 9.26. The summed E-state index contributed by atoms with van der Waals surface area (Å²) >= 11 is 0. The van der Waals surface area contributed by atoms with E-state index >= 15 is 0 Å². The number of esters is 1. The number of rotatable bonds is 5. The normalized spacial score (nSPS) is 15.3. The molecule has 1 amide bonds. The molecule has 3 rings (SSSR count).